The van der Waals surface area contributed by atoms with Gasteiger partial charge in [0.2, 0.25) is 11.8 Å². The lowest BCUT2D eigenvalue weighted by molar-refractivity contribution is -0.113. The van der Waals surface area contributed by atoms with Crippen LogP contribution in [-0.2, 0) is 4.79 Å². The van der Waals surface area contributed by atoms with Crippen LogP contribution in [-0.4, -0.2) is 21.9 Å². The van der Waals surface area contributed by atoms with Gasteiger partial charge in [0.1, 0.15) is 0 Å². The van der Waals surface area contributed by atoms with Crippen LogP contribution in [0.3, 0.4) is 0 Å². The molecule has 0 unspecified atom stereocenters. The molecular weight excluding hydrogens is 449 g/mol. The zero-order valence-electron chi connectivity index (χ0n) is 12.5. The first kappa shape index (κ1) is 18.3. The number of thioether (sulfide) groups is 1. The van der Waals surface area contributed by atoms with Crippen LogP contribution >= 0.6 is 50.9 Å². The van der Waals surface area contributed by atoms with Gasteiger partial charge in [0.25, 0.3) is 5.22 Å². The molecule has 2 aromatic carbocycles. The Morgan fingerprint density at radius 1 is 1.20 bits per heavy atom. The summed E-state index contributed by atoms with van der Waals surface area (Å²) in [4.78, 5) is 12.0. The topological polar surface area (TPSA) is 68.0 Å². The van der Waals surface area contributed by atoms with E-state index in [1.165, 1.54) is 0 Å². The van der Waals surface area contributed by atoms with Gasteiger partial charge in [0.05, 0.1) is 22.0 Å². The van der Waals surface area contributed by atoms with Crippen molar-refractivity contribution in [3.8, 4) is 11.5 Å². The number of amides is 1. The van der Waals surface area contributed by atoms with Gasteiger partial charge in [-0.3, -0.25) is 4.79 Å². The molecule has 1 aromatic heterocycles. The lowest BCUT2D eigenvalue weighted by atomic mass is 10.2. The van der Waals surface area contributed by atoms with Gasteiger partial charge in [-0.15, -0.1) is 10.2 Å². The summed E-state index contributed by atoms with van der Waals surface area (Å²) < 4.78 is 6.43. The normalized spacial score (nSPS) is 10.7. The largest absolute Gasteiger partial charge is 0.411 e. The second kappa shape index (κ2) is 8.23. The molecule has 1 N–H and O–H groups in total. The number of carbonyl (C=O) groups is 1. The number of benzene rings is 2. The number of nitrogens with zero attached hydrogens (tertiary/aromatic N) is 2. The number of hydrogen-bond donors (Lipinski definition) is 1. The molecule has 0 fully saturated rings. The third kappa shape index (κ3) is 4.76. The van der Waals surface area contributed by atoms with E-state index in [2.05, 4.69) is 31.4 Å². The molecule has 3 rings (SSSR count). The summed E-state index contributed by atoms with van der Waals surface area (Å²) in [5.41, 5.74) is 1.25. The Kier molecular flexibility index (Phi) is 6.01. The van der Waals surface area contributed by atoms with Crippen molar-refractivity contribution in [2.24, 2.45) is 0 Å². The van der Waals surface area contributed by atoms with Crippen molar-refractivity contribution in [3.05, 3.63) is 57.0 Å². The minimum atomic E-state index is -0.255. The molecule has 0 saturated carbocycles. The number of anilines is 1. The van der Waals surface area contributed by atoms with Gasteiger partial charge in [-0.25, -0.2) is 0 Å². The van der Waals surface area contributed by atoms with Crippen molar-refractivity contribution in [1.29, 1.82) is 0 Å². The minimum Gasteiger partial charge on any atom is -0.411 e. The average molecular weight is 459 g/mol. The van der Waals surface area contributed by atoms with Crippen LogP contribution in [0.25, 0.3) is 11.5 Å². The number of halogens is 3. The average Bonchev–Trinajstić information content (AvgIpc) is 3.05. The van der Waals surface area contributed by atoms with E-state index < -0.39 is 0 Å². The zero-order chi connectivity index (χ0) is 17.8. The molecule has 0 spiro atoms. The van der Waals surface area contributed by atoms with Crippen molar-refractivity contribution >= 4 is 62.5 Å². The highest BCUT2D eigenvalue weighted by atomic mass is 79.9. The first-order valence-corrected chi connectivity index (χ1v) is 9.52. The van der Waals surface area contributed by atoms with Crippen molar-refractivity contribution in [2.75, 3.05) is 11.1 Å². The summed E-state index contributed by atoms with van der Waals surface area (Å²) in [5.74, 6) is 0.226. The smallest absolute Gasteiger partial charge is 0.277 e. The molecule has 1 heterocycles. The number of rotatable bonds is 5. The molecule has 0 bridgehead atoms. The van der Waals surface area contributed by atoms with Crippen LogP contribution in [0.5, 0.6) is 0 Å². The fourth-order valence-corrected chi connectivity index (χ4v) is 3.27. The Labute approximate surface area is 166 Å². The third-order valence-electron chi connectivity index (χ3n) is 3.04. The van der Waals surface area contributed by atoms with E-state index >= 15 is 0 Å². The molecule has 9 heteroatoms. The number of hydrogen-bond acceptors (Lipinski definition) is 5. The van der Waals surface area contributed by atoms with Crippen molar-refractivity contribution in [3.63, 3.8) is 0 Å². The summed E-state index contributed by atoms with van der Waals surface area (Å²) in [6.45, 7) is 0. The standard InChI is InChI=1S/C16H10BrCl2N3O2S/c17-11-4-2-1-3-10(11)15-21-22-16(24-15)25-8-14(23)20-13-7-9(18)5-6-12(13)19/h1-7H,8H2,(H,20,23). The van der Waals surface area contributed by atoms with Gasteiger partial charge < -0.3 is 9.73 Å². The lowest BCUT2D eigenvalue weighted by Crippen LogP contribution is -2.14. The van der Waals surface area contributed by atoms with E-state index in [9.17, 15) is 4.79 Å². The highest BCUT2D eigenvalue weighted by Crippen LogP contribution is 2.29. The zero-order valence-corrected chi connectivity index (χ0v) is 16.4. The molecular formula is C16H10BrCl2N3O2S. The predicted molar refractivity (Wildman–Crippen MR) is 103 cm³/mol. The monoisotopic (exact) mass is 457 g/mol. The van der Waals surface area contributed by atoms with Gasteiger partial charge in [0, 0.05) is 9.50 Å². The van der Waals surface area contributed by atoms with Crippen LogP contribution in [0.1, 0.15) is 0 Å². The first-order chi connectivity index (χ1) is 12.0. The maximum atomic E-state index is 12.0. The maximum absolute atomic E-state index is 12.0. The van der Waals surface area contributed by atoms with Gasteiger partial charge in [-0.1, -0.05) is 47.1 Å². The summed E-state index contributed by atoms with van der Waals surface area (Å²) >= 11 is 16.5. The summed E-state index contributed by atoms with van der Waals surface area (Å²) in [5, 5.41) is 11.8. The van der Waals surface area contributed by atoms with E-state index in [0.29, 0.717) is 26.8 Å². The van der Waals surface area contributed by atoms with Crippen molar-refractivity contribution in [1.82, 2.24) is 10.2 Å². The van der Waals surface area contributed by atoms with Gasteiger partial charge >= 0.3 is 0 Å². The molecule has 128 valence electrons. The fraction of sp³-hybridized carbons (Fsp3) is 0.0625. The van der Waals surface area contributed by atoms with Crippen LogP contribution in [0, 0.1) is 0 Å². The Balaban J connectivity index is 1.61. The van der Waals surface area contributed by atoms with Crippen LogP contribution < -0.4 is 5.32 Å². The van der Waals surface area contributed by atoms with Crippen molar-refractivity contribution in [2.45, 2.75) is 5.22 Å². The molecule has 25 heavy (non-hydrogen) atoms. The van der Waals surface area contributed by atoms with Gasteiger partial charge in [-0.05, 0) is 46.3 Å². The Morgan fingerprint density at radius 2 is 2.00 bits per heavy atom. The minimum absolute atomic E-state index is 0.0977. The molecule has 0 aliphatic heterocycles. The van der Waals surface area contributed by atoms with Gasteiger partial charge in [-0.2, -0.15) is 0 Å². The fourth-order valence-electron chi connectivity index (χ4n) is 1.92. The molecule has 0 atom stereocenters. The molecule has 5 nitrogen and oxygen atoms in total. The van der Waals surface area contributed by atoms with E-state index in [4.69, 9.17) is 27.6 Å². The summed E-state index contributed by atoms with van der Waals surface area (Å²) in [6, 6.07) is 12.4. The number of carbonyl (C=O) groups excluding carboxylic acids is 1. The Bertz CT molecular complexity index is 920. The molecule has 0 aliphatic carbocycles. The summed E-state index contributed by atoms with van der Waals surface area (Å²) in [6.07, 6.45) is 0. The third-order valence-corrected chi connectivity index (χ3v) is 5.11. The Hall–Kier alpha value is -1.54. The SMILES string of the molecule is O=C(CSc1nnc(-c2ccccc2Br)o1)Nc1cc(Cl)ccc1Cl. The van der Waals surface area contributed by atoms with Crippen LogP contribution in [0.15, 0.2) is 56.6 Å². The lowest BCUT2D eigenvalue weighted by Gasteiger charge is -2.06. The van der Waals surface area contributed by atoms with Crippen LogP contribution in [0.2, 0.25) is 10.0 Å². The van der Waals surface area contributed by atoms with Gasteiger partial charge in [0.15, 0.2) is 0 Å². The van der Waals surface area contributed by atoms with E-state index in [0.717, 1.165) is 21.8 Å². The second-order valence-electron chi connectivity index (χ2n) is 4.81. The first-order valence-electron chi connectivity index (χ1n) is 6.99. The molecule has 0 radical (unpaired) electrons. The highest BCUT2D eigenvalue weighted by molar-refractivity contribution is 9.10. The maximum Gasteiger partial charge on any atom is 0.277 e. The quantitative estimate of drug-likeness (QED) is 0.508. The van der Waals surface area contributed by atoms with E-state index in [1.54, 1.807) is 18.2 Å². The highest BCUT2D eigenvalue weighted by Gasteiger charge is 2.14. The summed E-state index contributed by atoms with van der Waals surface area (Å²) in [7, 11) is 0. The Morgan fingerprint density at radius 3 is 2.80 bits per heavy atom. The van der Waals surface area contributed by atoms with Crippen molar-refractivity contribution < 1.29 is 9.21 Å². The molecule has 0 aliphatic rings. The van der Waals surface area contributed by atoms with E-state index in [-0.39, 0.29) is 11.7 Å². The van der Waals surface area contributed by atoms with E-state index in [1.807, 2.05) is 24.3 Å². The predicted octanol–water partition coefficient (Wildman–Crippen LogP) is 5.54. The molecule has 3 aromatic rings. The second-order valence-corrected chi connectivity index (χ2v) is 7.44. The number of nitrogens with one attached hydrogen (secondary N) is 1. The van der Waals surface area contributed by atoms with Crippen LogP contribution in [0.4, 0.5) is 5.69 Å². The number of aromatic nitrogens is 2. The molecule has 0 saturated heterocycles. The molecule has 1 amide bonds.